The molecule has 0 bridgehead atoms. The molecule has 0 aliphatic carbocycles. The van der Waals surface area contributed by atoms with Gasteiger partial charge in [0.1, 0.15) is 40.1 Å². The number of benzene rings is 2. The van der Waals surface area contributed by atoms with Gasteiger partial charge >= 0.3 is 6.01 Å². The molecule has 6 rings (SSSR count). The molecular formula is C29H24ClF2N7O2S. The van der Waals surface area contributed by atoms with Crippen LogP contribution in [0.3, 0.4) is 0 Å². The van der Waals surface area contributed by atoms with Crippen molar-refractivity contribution in [2.45, 2.75) is 39.0 Å². The molecule has 13 heteroatoms. The fourth-order valence-corrected chi connectivity index (χ4v) is 6.81. The maximum Gasteiger partial charge on any atom is 0.318 e. The number of rotatable bonds is 4. The monoisotopic (exact) mass is 607 g/mol. The first-order valence-electron chi connectivity index (χ1n) is 12.9. The number of fused-ring (bicyclic) bond motifs is 1. The number of thiophene rings is 1. The fourth-order valence-electron chi connectivity index (χ4n) is 5.54. The number of nitrogens with two attached hydrogens (primary N) is 2. The van der Waals surface area contributed by atoms with Crippen molar-refractivity contribution in [1.82, 2.24) is 15.0 Å². The van der Waals surface area contributed by atoms with Crippen molar-refractivity contribution in [3.63, 3.8) is 0 Å². The highest BCUT2D eigenvalue weighted by Crippen LogP contribution is 2.52. The third-order valence-electron chi connectivity index (χ3n) is 7.73. The molecule has 9 nitrogen and oxygen atoms in total. The molecule has 0 radical (unpaired) electrons. The van der Waals surface area contributed by atoms with Gasteiger partial charge in [-0.05, 0) is 38.5 Å². The summed E-state index contributed by atoms with van der Waals surface area (Å²) < 4.78 is 43.6. The number of hydrogen-bond acceptors (Lipinski definition) is 10. The summed E-state index contributed by atoms with van der Waals surface area (Å²) >= 11 is 7.91. The number of nitrogen functional groups attached to an aromatic ring is 2. The van der Waals surface area contributed by atoms with Crippen LogP contribution >= 0.6 is 22.9 Å². The highest BCUT2D eigenvalue weighted by Gasteiger charge is 2.38. The van der Waals surface area contributed by atoms with Crippen LogP contribution < -0.4 is 25.8 Å². The summed E-state index contributed by atoms with van der Waals surface area (Å²) in [6.07, 6.45) is 1.12. The Morgan fingerprint density at radius 1 is 1.19 bits per heavy atom. The van der Waals surface area contributed by atoms with Crippen molar-refractivity contribution < 1.29 is 18.3 Å². The van der Waals surface area contributed by atoms with E-state index < -0.39 is 17.7 Å². The minimum absolute atomic E-state index is 0.0313. The summed E-state index contributed by atoms with van der Waals surface area (Å²) in [6, 6.07) is 7.43. The second kappa shape index (κ2) is 10.1. The maximum absolute atomic E-state index is 16.8. The minimum Gasteiger partial charge on any atom is -0.486 e. The van der Waals surface area contributed by atoms with Gasteiger partial charge in [0, 0.05) is 22.7 Å². The molecule has 0 fully saturated rings. The third kappa shape index (κ3) is 3.95. The van der Waals surface area contributed by atoms with E-state index in [-0.39, 0.29) is 71.5 Å². The van der Waals surface area contributed by atoms with Gasteiger partial charge in [-0.1, -0.05) is 23.7 Å². The van der Waals surface area contributed by atoms with Crippen LogP contribution in [0.5, 0.6) is 11.8 Å². The molecule has 1 aliphatic heterocycles. The van der Waals surface area contributed by atoms with Crippen LogP contribution in [0.1, 0.15) is 37.9 Å². The summed E-state index contributed by atoms with van der Waals surface area (Å²) in [5, 5.41) is 10.3. The third-order valence-corrected chi connectivity index (χ3v) is 9.12. The summed E-state index contributed by atoms with van der Waals surface area (Å²) in [4.78, 5) is 15.2. The van der Waals surface area contributed by atoms with Crippen molar-refractivity contribution >= 4 is 60.6 Å². The SMILES string of the molecule is COc1nc2c3c(c(Cl)c(-c4ccc(F)c5sc(N)c(C#N)c45)c(F)c3n1)OC(C)C(C)N2C(C)c1cccnc1N. The quantitative estimate of drug-likeness (QED) is 0.231. The smallest absolute Gasteiger partial charge is 0.318 e. The summed E-state index contributed by atoms with van der Waals surface area (Å²) in [5.41, 5.74) is 13.0. The number of pyridine rings is 1. The lowest BCUT2D eigenvalue weighted by Crippen LogP contribution is -2.44. The topological polar surface area (TPSA) is 136 Å². The number of anilines is 3. The van der Waals surface area contributed by atoms with Crippen molar-refractivity contribution in [2.75, 3.05) is 23.5 Å². The summed E-state index contributed by atoms with van der Waals surface area (Å²) in [6.45, 7) is 5.75. The molecule has 2 aromatic carbocycles. The Kier molecular flexibility index (Phi) is 6.67. The fraction of sp³-hybridized carbons (Fsp3) is 0.241. The molecule has 0 amide bonds. The Balaban J connectivity index is 1.72. The van der Waals surface area contributed by atoms with Crippen molar-refractivity contribution in [2.24, 2.45) is 0 Å². The first kappa shape index (κ1) is 27.7. The Hall–Kier alpha value is -4.47. The second-order valence-electron chi connectivity index (χ2n) is 9.97. The predicted molar refractivity (Wildman–Crippen MR) is 160 cm³/mol. The number of nitriles is 1. The van der Waals surface area contributed by atoms with Gasteiger partial charge in [-0.15, -0.1) is 11.3 Å². The van der Waals surface area contributed by atoms with E-state index in [1.165, 1.54) is 19.2 Å². The first-order valence-corrected chi connectivity index (χ1v) is 14.1. The molecule has 42 heavy (non-hydrogen) atoms. The van der Waals surface area contributed by atoms with Gasteiger partial charge < -0.3 is 25.8 Å². The zero-order chi connectivity index (χ0) is 30.0. The Labute approximate surface area is 248 Å². The van der Waals surface area contributed by atoms with E-state index in [9.17, 15) is 9.65 Å². The molecule has 5 aromatic rings. The normalized spacial score (nSPS) is 17.1. The average molecular weight is 608 g/mol. The van der Waals surface area contributed by atoms with E-state index in [1.54, 1.807) is 12.3 Å². The van der Waals surface area contributed by atoms with E-state index in [4.69, 9.17) is 32.5 Å². The maximum atomic E-state index is 16.8. The molecular weight excluding hydrogens is 584 g/mol. The van der Waals surface area contributed by atoms with E-state index in [2.05, 4.69) is 15.0 Å². The molecule has 0 saturated carbocycles. The van der Waals surface area contributed by atoms with Crippen LogP contribution in [-0.4, -0.2) is 34.2 Å². The molecule has 0 spiro atoms. The molecule has 4 N–H and O–H groups in total. The van der Waals surface area contributed by atoms with Crippen LogP contribution in [-0.2, 0) is 0 Å². The lowest BCUT2D eigenvalue weighted by molar-refractivity contribution is 0.193. The van der Waals surface area contributed by atoms with Gasteiger partial charge in [-0.3, -0.25) is 0 Å². The lowest BCUT2D eigenvalue weighted by atomic mass is 9.96. The van der Waals surface area contributed by atoms with E-state index in [0.29, 0.717) is 11.6 Å². The van der Waals surface area contributed by atoms with Crippen molar-refractivity contribution in [3.05, 3.63) is 58.2 Å². The van der Waals surface area contributed by atoms with Crippen LogP contribution in [0.15, 0.2) is 30.5 Å². The number of hydrogen-bond donors (Lipinski definition) is 2. The number of aromatic nitrogens is 3. The minimum atomic E-state index is -0.818. The predicted octanol–water partition coefficient (Wildman–Crippen LogP) is 6.62. The molecule has 3 atom stereocenters. The Morgan fingerprint density at radius 2 is 1.95 bits per heavy atom. The van der Waals surface area contributed by atoms with E-state index >= 15 is 4.39 Å². The standard InChI is InChI=1S/C29H24ClF2N7O2S/c1-11-13(3)41-24-20-23(37-29(40-4)38-28(20)39(11)12(2)14-6-5-9-36-26(14)34)22(32)19(21(24)30)15-7-8-17(31)25-18(15)16(10-33)27(35)42-25/h5-9,11-13H,35H2,1-4H3,(H2,34,36). The molecule has 3 aromatic heterocycles. The van der Waals surface area contributed by atoms with Crippen LogP contribution in [0.4, 0.5) is 25.4 Å². The second-order valence-corrected chi connectivity index (χ2v) is 11.4. The molecule has 214 valence electrons. The van der Waals surface area contributed by atoms with Gasteiger partial charge in [-0.2, -0.15) is 15.2 Å². The van der Waals surface area contributed by atoms with E-state index in [1.807, 2.05) is 37.8 Å². The summed E-state index contributed by atoms with van der Waals surface area (Å²) in [5.74, 6) is -0.592. The van der Waals surface area contributed by atoms with Gasteiger partial charge in [0.25, 0.3) is 0 Å². The summed E-state index contributed by atoms with van der Waals surface area (Å²) in [7, 11) is 1.38. The van der Waals surface area contributed by atoms with Crippen molar-refractivity contribution in [1.29, 1.82) is 5.26 Å². The van der Waals surface area contributed by atoms with Crippen molar-refractivity contribution in [3.8, 4) is 29.0 Å². The number of nitrogens with zero attached hydrogens (tertiary/aromatic N) is 5. The molecule has 3 unspecified atom stereocenters. The Bertz CT molecular complexity index is 1960. The largest absolute Gasteiger partial charge is 0.486 e. The Morgan fingerprint density at radius 3 is 2.64 bits per heavy atom. The molecule has 4 heterocycles. The lowest BCUT2D eigenvalue weighted by Gasteiger charge is -2.37. The molecule has 0 saturated heterocycles. The zero-order valence-corrected chi connectivity index (χ0v) is 24.4. The highest BCUT2D eigenvalue weighted by molar-refractivity contribution is 7.23. The van der Waals surface area contributed by atoms with Gasteiger partial charge in [0.05, 0.1) is 39.9 Å². The highest BCUT2D eigenvalue weighted by atomic mass is 35.5. The number of ether oxygens (including phenoxy) is 2. The first-order chi connectivity index (χ1) is 20.1. The number of methoxy groups -OCH3 is 1. The van der Waals surface area contributed by atoms with Crippen LogP contribution in [0.25, 0.3) is 32.1 Å². The van der Waals surface area contributed by atoms with Crippen LogP contribution in [0, 0.1) is 23.0 Å². The van der Waals surface area contributed by atoms with Gasteiger partial charge in [0.2, 0.25) is 0 Å². The number of halogens is 3. The van der Waals surface area contributed by atoms with Crippen LogP contribution in [0.2, 0.25) is 5.02 Å². The van der Waals surface area contributed by atoms with Gasteiger partial charge in [-0.25, -0.2) is 13.8 Å². The average Bonchev–Trinajstić information content (AvgIpc) is 3.27. The zero-order valence-electron chi connectivity index (χ0n) is 22.9. The van der Waals surface area contributed by atoms with Gasteiger partial charge in [0.15, 0.2) is 11.6 Å². The molecule has 1 aliphatic rings. The van der Waals surface area contributed by atoms with E-state index in [0.717, 1.165) is 16.9 Å².